The van der Waals surface area contributed by atoms with Gasteiger partial charge in [0.1, 0.15) is 5.75 Å². The highest BCUT2D eigenvalue weighted by molar-refractivity contribution is 6.48. The van der Waals surface area contributed by atoms with Crippen LogP contribution in [0.4, 0.5) is 13.2 Å². The molecule has 1 unspecified atom stereocenters. The number of alkyl halides is 4. The lowest BCUT2D eigenvalue weighted by Gasteiger charge is -2.21. The zero-order chi connectivity index (χ0) is 16.3. The fraction of sp³-hybridized carbons (Fsp3) is 0.385. The first-order chi connectivity index (χ1) is 10.3. The molecule has 120 valence electrons. The second kappa shape index (κ2) is 6.53. The smallest absolute Gasteiger partial charge is 0.425 e. The number of carbonyl (C=O) groups is 1. The molecule has 0 aromatic heterocycles. The first-order valence-corrected chi connectivity index (χ1v) is 6.79. The number of Topliss-reactive ketones (excluding diaryl/α,β-unsaturated/α-hetero) is 1. The largest absolute Gasteiger partial charge is 0.497 e. The molecule has 2 rings (SSSR count). The van der Waals surface area contributed by atoms with Gasteiger partial charge in [-0.05, 0) is 17.7 Å². The fourth-order valence-electron chi connectivity index (χ4n) is 1.89. The number of carbonyl (C=O) groups excluding carboxylic acids is 1. The summed E-state index contributed by atoms with van der Waals surface area (Å²) >= 11 is 5.42. The molecule has 0 aliphatic carbocycles. The van der Waals surface area contributed by atoms with E-state index in [2.05, 4.69) is 10.4 Å². The monoisotopic (exact) mass is 335 g/mol. The summed E-state index contributed by atoms with van der Waals surface area (Å²) in [5.41, 5.74) is 2.85. The van der Waals surface area contributed by atoms with Crippen LogP contribution >= 0.6 is 11.6 Å². The minimum atomic E-state index is -4.59. The Morgan fingerprint density at radius 2 is 2.05 bits per heavy atom. The molecule has 0 amide bonds. The highest BCUT2D eigenvalue weighted by atomic mass is 35.5. The summed E-state index contributed by atoms with van der Waals surface area (Å²) in [6, 6.07) is 6.72. The SMILES string of the molecule is COc1ccc(CN2NC(C(F)(F)F)N=C2C(=O)CCl)cc1. The van der Waals surface area contributed by atoms with Crippen molar-refractivity contribution in [2.24, 2.45) is 4.99 Å². The summed E-state index contributed by atoms with van der Waals surface area (Å²) in [5, 5.41) is 1.06. The van der Waals surface area contributed by atoms with Crippen molar-refractivity contribution in [3.8, 4) is 5.75 Å². The molecule has 0 saturated heterocycles. The van der Waals surface area contributed by atoms with Crippen LogP contribution in [0.3, 0.4) is 0 Å². The van der Waals surface area contributed by atoms with Gasteiger partial charge in [0, 0.05) is 0 Å². The van der Waals surface area contributed by atoms with E-state index in [1.807, 2.05) is 0 Å². The number of hydrogen-bond acceptors (Lipinski definition) is 5. The van der Waals surface area contributed by atoms with Crippen molar-refractivity contribution < 1.29 is 22.7 Å². The van der Waals surface area contributed by atoms with Crippen LogP contribution < -0.4 is 10.2 Å². The molecule has 0 radical (unpaired) electrons. The first kappa shape index (κ1) is 16.6. The molecule has 0 saturated carbocycles. The number of halogens is 4. The molecule has 22 heavy (non-hydrogen) atoms. The molecule has 0 fully saturated rings. The molecular formula is C13H13ClF3N3O2. The summed E-state index contributed by atoms with van der Waals surface area (Å²) in [7, 11) is 1.51. The van der Waals surface area contributed by atoms with Crippen molar-refractivity contribution in [2.45, 2.75) is 18.9 Å². The number of nitrogens with one attached hydrogen (secondary N) is 1. The summed E-state index contributed by atoms with van der Waals surface area (Å²) in [6.45, 7) is 0.0397. The number of hydrazine groups is 1. The van der Waals surface area contributed by atoms with Gasteiger partial charge in [-0.1, -0.05) is 12.1 Å². The molecule has 1 aliphatic rings. The van der Waals surface area contributed by atoms with E-state index in [1.54, 1.807) is 24.3 Å². The van der Waals surface area contributed by atoms with Gasteiger partial charge in [-0.3, -0.25) is 9.80 Å². The minimum Gasteiger partial charge on any atom is -0.497 e. The molecule has 1 atom stereocenters. The van der Waals surface area contributed by atoms with Crippen LogP contribution in [0.2, 0.25) is 0 Å². The Morgan fingerprint density at radius 3 is 2.55 bits per heavy atom. The molecule has 1 N–H and O–H groups in total. The Bertz CT molecular complexity index is 575. The minimum absolute atomic E-state index is 0.0397. The van der Waals surface area contributed by atoms with Crippen LogP contribution in [0, 0.1) is 0 Å². The van der Waals surface area contributed by atoms with Gasteiger partial charge in [0.15, 0.2) is 5.84 Å². The average molecular weight is 336 g/mol. The quantitative estimate of drug-likeness (QED) is 0.837. The number of rotatable bonds is 5. The average Bonchev–Trinajstić information content (AvgIpc) is 2.91. The van der Waals surface area contributed by atoms with E-state index in [-0.39, 0.29) is 12.4 Å². The molecule has 1 aromatic carbocycles. The van der Waals surface area contributed by atoms with Gasteiger partial charge in [0.05, 0.1) is 19.5 Å². The van der Waals surface area contributed by atoms with Crippen LogP contribution in [-0.4, -0.2) is 42.0 Å². The molecule has 9 heteroatoms. The van der Waals surface area contributed by atoms with Gasteiger partial charge in [0.2, 0.25) is 11.9 Å². The fourth-order valence-corrected chi connectivity index (χ4v) is 2.01. The standard InChI is InChI=1S/C13H13ClF3N3O2/c1-22-9-4-2-8(3-5-9)7-20-11(10(21)6-14)18-12(19-20)13(15,16)17/h2-5,12,19H,6-7H2,1H3. The zero-order valence-corrected chi connectivity index (χ0v) is 12.3. The number of methoxy groups -OCH3 is 1. The van der Waals surface area contributed by atoms with Crippen LogP contribution in [0.15, 0.2) is 29.3 Å². The van der Waals surface area contributed by atoms with Crippen LogP contribution in [0.1, 0.15) is 5.56 Å². The van der Waals surface area contributed by atoms with Crippen LogP contribution in [0.5, 0.6) is 5.75 Å². The van der Waals surface area contributed by atoms with Crippen LogP contribution in [0.25, 0.3) is 0 Å². The van der Waals surface area contributed by atoms with E-state index in [4.69, 9.17) is 16.3 Å². The van der Waals surface area contributed by atoms with E-state index in [1.165, 1.54) is 7.11 Å². The lowest BCUT2D eigenvalue weighted by Crippen LogP contribution is -2.47. The summed E-state index contributed by atoms with van der Waals surface area (Å²) in [4.78, 5) is 15.0. The summed E-state index contributed by atoms with van der Waals surface area (Å²) in [5.74, 6) is -0.816. The maximum absolute atomic E-state index is 12.8. The van der Waals surface area contributed by atoms with E-state index in [0.717, 1.165) is 5.01 Å². The Labute approximate surface area is 129 Å². The van der Waals surface area contributed by atoms with E-state index in [0.29, 0.717) is 11.3 Å². The number of amidine groups is 1. The Kier molecular flexibility index (Phi) is 4.92. The van der Waals surface area contributed by atoms with E-state index < -0.39 is 24.0 Å². The topological polar surface area (TPSA) is 53.9 Å². The maximum Gasteiger partial charge on any atom is 0.425 e. The maximum atomic E-state index is 12.8. The lowest BCUT2D eigenvalue weighted by molar-refractivity contribution is -0.158. The summed E-state index contributed by atoms with van der Waals surface area (Å²) < 4.78 is 43.3. The first-order valence-electron chi connectivity index (χ1n) is 6.25. The number of ether oxygens (including phenoxy) is 1. The predicted octanol–water partition coefficient (Wildman–Crippen LogP) is 2.11. The third-order valence-corrected chi connectivity index (χ3v) is 3.21. The van der Waals surface area contributed by atoms with E-state index >= 15 is 0 Å². The van der Waals surface area contributed by atoms with Gasteiger partial charge >= 0.3 is 6.18 Å². The molecule has 1 aromatic rings. The predicted molar refractivity (Wildman–Crippen MR) is 74.7 cm³/mol. The Hall–Kier alpha value is -1.80. The molecule has 0 spiro atoms. The number of hydrogen-bond donors (Lipinski definition) is 1. The van der Waals surface area contributed by atoms with Crippen LogP contribution in [-0.2, 0) is 11.3 Å². The van der Waals surface area contributed by atoms with Gasteiger partial charge < -0.3 is 4.74 Å². The van der Waals surface area contributed by atoms with Gasteiger partial charge in [-0.15, -0.1) is 11.6 Å². The van der Waals surface area contributed by atoms with Crippen molar-refractivity contribution in [3.63, 3.8) is 0 Å². The third-order valence-electron chi connectivity index (χ3n) is 2.97. The normalized spacial score (nSPS) is 18.3. The van der Waals surface area contributed by atoms with Crippen molar-refractivity contribution in [1.82, 2.24) is 10.4 Å². The zero-order valence-electron chi connectivity index (χ0n) is 11.5. The molecule has 1 aliphatic heterocycles. The van der Waals surface area contributed by atoms with Crippen molar-refractivity contribution in [1.29, 1.82) is 0 Å². The second-order valence-corrected chi connectivity index (χ2v) is 4.78. The van der Waals surface area contributed by atoms with Crippen molar-refractivity contribution >= 4 is 23.2 Å². The van der Waals surface area contributed by atoms with Crippen molar-refractivity contribution in [2.75, 3.05) is 13.0 Å². The van der Waals surface area contributed by atoms with Gasteiger partial charge in [-0.2, -0.15) is 18.6 Å². The Morgan fingerprint density at radius 1 is 1.41 bits per heavy atom. The molecule has 5 nitrogen and oxygen atoms in total. The highest BCUT2D eigenvalue weighted by Gasteiger charge is 2.45. The Balaban J connectivity index is 2.17. The van der Waals surface area contributed by atoms with Crippen molar-refractivity contribution in [3.05, 3.63) is 29.8 Å². The van der Waals surface area contributed by atoms with Gasteiger partial charge in [-0.25, -0.2) is 4.99 Å². The third kappa shape index (κ3) is 3.69. The number of benzene rings is 1. The molecule has 1 heterocycles. The number of aliphatic imine (C=N–C) groups is 1. The second-order valence-electron chi connectivity index (χ2n) is 4.52. The number of nitrogens with zero attached hydrogens (tertiary/aromatic N) is 2. The summed E-state index contributed by atoms with van der Waals surface area (Å²) in [6.07, 6.45) is -6.74. The van der Waals surface area contributed by atoms with Gasteiger partial charge in [0.25, 0.3) is 0 Å². The highest BCUT2D eigenvalue weighted by Crippen LogP contribution is 2.25. The lowest BCUT2D eigenvalue weighted by atomic mass is 10.2. The number of ketones is 1. The molecule has 0 bridgehead atoms. The van der Waals surface area contributed by atoms with E-state index in [9.17, 15) is 18.0 Å². The molecular weight excluding hydrogens is 323 g/mol.